The van der Waals surface area contributed by atoms with Gasteiger partial charge in [0, 0.05) is 36.6 Å². The van der Waals surface area contributed by atoms with Crippen LogP contribution in [0, 0.1) is 0 Å². The zero-order chi connectivity index (χ0) is 24.5. The highest BCUT2D eigenvalue weighted by molar-refractivity contribution is 7.80. The van der Waals surface area contributed by atoms with Crippen molar-refractivity contribution in [2.45, 2.75) is 6.35 Å². The van der Waals surface area contributed by atoms with E-state index in [0.29, 0.717) is 21.4 Å². The number of aliphatic hydroxyl groups is 1. The smallest absolute Gasteiger partial charge is 0.338 e. The maximum atomic E-state index is 12.4. The van der Waals surface area contributed by atoms with Crippen LogP contribution in [0.25, 0.3) is 0 Å². The second-order valence-corrected chi connectivity index (χ2v) is 8.06. The van der Waals surface area contributed by atoms with Gasteiger partial charge in [0.05, 0.1) is 0 Å². The molecule has 3 rings (SSSR count). The van der Waals surface area contributed by atoms with Crippen LogP contribution < -0.4 is 21.5 Å². The minimum Gasteiger partial charge on any atom is -0.360 e. The number of carbonyl (C=O) groups excluding carboxylic acids is 1. The molecule has 3 aromatic rings. The minimum atomic E-state index is -1.12. The molecular weight excluding hydrogens is 468 g/mol. The number of nitrogens with zero attached hydrogens (tertiary/aromatic N) is 2. The lowest BCUT2D eigenvalue weighted by Gasteiger charge is -2.26. The molecule has 10 heteroatoms. The highest BCUT2D eigenvalue weighted by Gasteiger charge is 2.13. The van der Waals surface area contributed by atoms with E-state index in [0.717, 1.165) is 11.1 Å². The molecule has 1 atom stereocenters. The summed E-state index contributed by atoms with van der Waals surface area (Å²) in [6.07, 6.45) is -1.12. The van der Waals surface area contributed by atoms with Crippen LogP contribution in [-0.4, -0.2) is 51.6 Å². The Bertz CT molecular complexity index is 1130. The molecule has 8 nitrogen and oxygen atoms in total. The predicted octanol–water partition coefficient (Wildman–Crippen LogP) is 3.53. The number of nitrogens with one attached hydrogen (secondary N) is 4. The Morgan fingerprint density at radius 1 is 0.794 bits per heavy atom. The van der Waals surface area contributed by atoms with Gasteiger partial charge in [-0.2, -0.15) is 5.43 Å². The molecule has 0 spiro atoms. The number of rotatable bonds is 7. The van der Waals surface area contributed by atoms with Crippen LogP contribution >= 0.6 is 24.4 Å². The van der Waals surface area contributed by atoms with Gasteiger partial charge in [0.15, 0.2) is 6.35 Å². The van der Waals surface area contributed by atoms with E-state index in [9.17, 15) is 9.90 Å². The Morgan fingerprint density at radius 2 is 1.32 bits per heavy atom. The highest BCUT2D eigenvalue weighted by Crippen LogP contribution is 2.15. The third kappa shape index (κ3) is 7.22. The molecule has 0 aliphatic carbocycles. The molecule has 34 heavy (non-hydrogen) atoms. The number of aliphatic hydroxyl groups excluding tert-OH is 1. The monoisotopic (exact) mass is 494 g/mol. The van der Waals surface area contributed by atoms with Crippen molar-refractivity contribution in [3.05, 3.63) is 96.1 Å². The lowest BCUT2D eigenvalue weighted by atomic mass is 10.2. The summed E-state index contributed by atoms with van der Waals surface area (Å²) in [6.45, 7) is 0. The van der Waals surface area contributed by atoms with Crippen molar-refractivity contribution in [1.29, 1.82) is 0 Å². The third-order valence-electron chi connectivity index (χ3n) is 4.66. The summed E-state index contributed by atoms with van der Waals surface area (Å²) in [5.74, 6) is 0. The van der Waals surface area contributed by atoms with Crippen molar-refractivity contribution in [2.75, 3.05) is 24.7 Å². The van der Waals surface area contributed by atoms with Crippen LogP contribution in [0.3, 0.4) is 0 Å². The minimum absolute atomic E-state index is 0.454. The number of carbonyl (C=O) groups is 1. The van der Waals surface area contributed by atoms with Crippen molar-refractivity contribution in [3.8, 4) is 0 Å². The van der Waals surface area contributed by atoms with Gasteiger partial charge in [-0.3, -0.25) is 10.0 Å². The van der Waals surface area contributed by atoms with Crippen molar-refractivity contribution in [3.63, 3.8) is 0 Å². The van der Waals surface area contributed by atoms with Gasteiger partial charge in [-0.05, 0) is 18.2 Å². The third-order valence-corrected chi connectivity index (χ3v) is 5.68. The maximum absolute atomic E-state index is 12.4. The number of anilines is 2. The van der Waals surface area contributed by atoms with Crippen LogP contribution in [0.2, 0.25) is 0 Å². The molecule has 0 bridgehead atoms. The molecular formula is C24H26N6O2S2. The molecule has 1 unspecified atom stereocenters. The van der Waals surface area contributed by atoms with Gasteiger partial charge in [0.25, 0.3) is 0 Å². The Balaban J connectivity index is 1.52. The van der Waals surface area contributed by atoms with Crippen molar-refractivity contribution in [1.82, 2.24) is 20.9 Å². The molecule has 0 heterocycles. The van der Waals surface area contributed by atoms with Crippen LogP contribution in [-0.2, 0) is 0 Å². The Kier molecular flexibility index (Phi) is 8.88. The van der Waals surface area contributed by atoms with Crippen LogP contribution in [0.15, 0.2) is 84.9 Å². The highest BCUT2D eigenvalue weighted by atomic mass is 32.1. The quantitative estimate of drug-likeness (QED) is 0.194. The summed E-state index contributed by atoms with van der Waals surface area (Å²) in [4.78, 5) is 13.4. The summed E-state index contributed by atoms with van der Waals surface area (Å²) >= 11 is 10.8. The molecule has 3 aromatic carbocycles. The second kappa shape index (κ2) is 12.1. The van der Waals surface area contributed by atoms with Crippen molar-refractivity contribution in [2.24, 2.45) is 0 Å². The summed E-state index contributed by atoms with van der Waals surface area (Å²) in [5.41, 5.74) is 8.33. The molecule has 0 aliphatic heterocycles. The van der Waals surface area contributed by atoms with E-state index >= 15 is 0 Å². The van der Waals surface area contributed by atoms with Crippen LogP contribution in [0.1, 0.15) is 11.1 Å². The zero-order valence-electron chi connectivity index (χ0n) is 18.7. The number of benzene rings is 3. The van der Waals surface area contributed by atoms with Crippen LogP contribution in [0.4, 0.5) is 16.2 Å². The van der Waals surface area contributed by atoms with Gasteiger partial charge >= 0.3 is 6.03 Å². The number of amides is 2. The number of hydrogen-bond acceptors (Lipinski definition) is 6. The molecule has 0 saturated heterocycles. The molecule has 176 valence electrons. The fourth-order valence-corrected chi connectivity index (χ4v) is 3.40. The van der Waals surface area contributed by atoms with Gasteiger partial charge in [0.2, 0.25) is 0 Å². The molecule has 0 saturated carbocycles. The largest absolute Gasteiger partial charge is 0.360 e. The van der Waals surface area contributed by atoms with Crippen LogP contribution in [0.5, 0.6) is 0 Å². The first-order valence-corrected chi connectivity index (χ1v) is 11.2. The lowest BCUT2D eigenvalue weighted by Crippen LogP contribution is -2.48. The van der Waals surface area contributed by atoms with Gasteiger partial charge in [0.1, 0.15) is 9.98 Å². The van der Waals surface area contributed by atoms with E-state index in [1.54, 1.807) is 43.4 Å². The summed E-state index contributed by atoms with van der Waals surface area (Å²) < 4.78 is 0. The average molecular weight is 495 g/mol. The first-order chi connectivity index (χ1) is 16.3. The normalized spacial score (nSPS) is 11.1. The lowest BCUT2D eigenvalue weighted by molar-refractivity contribution is 0.108. The van der Waals surface area contributed by atoms with Gasteiger partial charge in [-0.1, -0.05) is 91.2 Å². The fraction of sp³-hybridized carbons (Fsp3) is 0.125. The molecule has 0 aromatic heterocycles. The number of hydrogen-bond donors (Lipinski definition) is 5. The van der Waals surface area contributed by atoms with E-state index in [2.05, 4.69) is 21.5 Å². The maximum Gasteiger partial charge on any atom is 0.338 e. The zero-order valence-corrected chi connectivity index (χ0v) is 20.4. The average Bonchev–Trinajstić information content (AvgIpc) is 2.84. The topological polar surface area (TPSA) is 91.9 Å². The Labute approximate surface area is 209 Å². The van der Waals surface area contributed by atoms with E-state index in [-0.39, 0.29) is 0 Å². The molecule has 0 fully saturated rings. The SMILES string of the molecule is CN(NC(=O)Nc1cccc(NC(O)NN(C)C(=S)c2ccccc2)c1)C(=S)c1ccccc1. The van der Waals surface area contributed by atoms with Gasteiger partial charge < -0.3 is 15.7 Å². The molecule has 2 amide bonds. The molecule has 0 radical (unpaired) electrons. The summed E-state index contributed by atoms with van der Waals surface area (Å²) in [5, 5.41) is 19.1. The Morgan fingerprint density at radius 3 is 1.91 bits per heavy atom. The number of thiocarbonyl (C=S) groups is 2. The van der Waals surface area contributed by atoms with E-state index in [4.69, 9.17) is 24.4 Å². The molecule has 5 N–H and O–H groups in total. The summed E-state index contributed by atoms with van der Waals surface area (Å²) in [7, 11) is 3.39. The number of urea groups is 1. The standard InChI is InChI=1S/C24H26N6O2S2/c1-29(21(33)17-10-5-3-6-11-17)27-23(31)25-19-14-9-15-20(16-19)26-24(32)28-30(2)22(34)18-12-7-4-8-13-18/h3-16,23,25,27,31H,1-2H3,(H2,26,28,32). The first-order valence-electron chi connectivity index (χ1n) is 10.4. The summed E-state index contributed by atoms with van der Waals surface area (Å²) in [6, 6.07) is 25.4. The first kappa shape index (κ1) is 25.1. The van der Waals surface area contributed by atoms with Crippen molar-refractivity contribution < 1.29 is 9.90 Å². The van der Waals surface area contributed by atoms with E-state index in [1.807, 2.05) is 60.7 Å². The van der Waals surface area contributed by atoms with Crippen molar-refractivity contribution >= 4 is 51.8 Å². The second-order valence-electron chi connectivity index (χ2n) is 7.28. The number of hydrazine groups is 2. The van der Waals surface area contributed by atoms with Gasteiger partial charge in [-0.25, -0.2) is 10.2 Å². The fourth-order valence-electron chi connectivity index (χ4n) is 3.03. The van der Waals surface area contributed by atoms with E-state index < -0.39 is 12.4 Å². The molecule has 0 aliphatic rings. The van der Waals surface area contributed by atoms with Gasteiger partial charge in [-0.15, -0.1) is 0 Å². The van der Waals surface area contributed by atoms with E-state index in [1.165, 1.54) is 5.01 Å². The predicted molar refractivity (Wildman–Crippen MR) is 143 cm³/mol. The Hall–Kier alpha value is -3.57.